The lowest BCUT2D eigenvalue weighted by Crippen LogP contribution is -2.30. The molecule has 0 fully saturated rings. The van der Waals surface area contributed by atoms with Crippen LogP contribution in [-0.2, 0) is 28.6 Å². The maximum absolute atomic E-state index is 12.3. The van der Waals surface area contributed by atoms with Crippen LogP contribution >= 0.6 is 0 Å². The average molecular weight is 513 g/mol. The highest BCUT2D eigenvalue weighted by Crippen LogP contribution is 2.12. The summed E-state index contributed by atoms with van der Waals surface area (Å²) in [6, 6.07) is 0. The second-order valence-corrected chi connectivity index (χ2v) is 10.0. The summed E-state index contributed by atoms with van der Waals surface area (Å²) < 4.78 is 16.2. The third kappa shape index (κ3) is 24.1. The topological polar surface area (TPSA) is 78.9 Å². The molecule has 0 aliphatic heterocycles. The summed E-state index contributed by atoms with van der Waals surface area (Å²) in [5.74, 6) is -0.910. The summed E-state index contributed by atoms with van der Waals surface area (Å²) in [5, 5.41) is 0. The van der Waals surface area contributed by atoms with Crippen LogP contribution < -0.4 is 0 Å². The zero-order valence-corrected chi connectivity index (χ0v) is 23.8. The molecular weight excluding hydrogens is 456 g/mol. The Morgan fingerprint density at radius 2 is 0.750 bits per heavy atom. The van der Waals surface area contributed by atoms with Crippen molar-refractivity contribution in [2.24, 2.45) is 0 Å². The molecular formula is C30H56O6. The Labute approximate surface area is 221 Å². The van der Waals surface area contributed by atoms with Gasteiger partial charge in [0.15, 0.2) is 6.10 Å². The van der Waals surface area contributed by atoms with Gasteiger partial charge in [-0.3, -0.25) is 14.4 Å². The van der Waals surface area contributed by atoms with Crippen molar-refractivity contribution < 1.29 is 28.6 Å². The van der Waals surface area contributed by atoms with E-state index in [1.54, 1.807) is 0 Å². The second-order valence-electron chi connectivity index (χ2n) is 10.0. The van der Waals surface area contributed by atoms with E-state index in [1.807, 2.05) is 0 Å². The van der Waals surface area contributed by atoms with E-state index in [9.17, 15) is 14.4 Å². The van der Waals surface area contributed by atoms with Crippen LogP contribution in [0.2, 0.25) is 0 Å². The lowest BCUT2D eigenvalue weighted by Gasteiger charge is -2.18. The van der Waals surface area contributed by atoms with Crippen LogP contribution in [0.3, 0.4) is 0 Å². The number of rotatable bonds is 26. The Morgan fingerprint density at radius 1 is 0.444 bits per heavy atom. The summed E-state index contributed by atoms with van der Waals surface area (Å²) in [6.07, 6.45) is 20.1. The number of ether oxygens (including phenoxy) is 3. The summed E-state index contributed by atoms with van der Waals surface area (Å²) in [4.78, 5) is 36.5. The minimum Gasteiger partial charge on any atom is -0.462 e. The summed E-state index contributed by atoms with van der Waals surface area (Å²) in [6.45, 7) is 6.39. The van der Waals surface area contributed by atoms with Crippen LogP contribution in [-0.4, -0.2) is 37.2 Å². The van der Waals surface area contributed by atoms with Gasteiger partial charge in [0.1, 0.15) is 13.2 Å². The molecule has 0 spiro atoms. The van der Waals surface area contributed by atoms with Crippen molar-refractivity contribution in [1.29, 1.82) is 0 Å². The quantitative estimate of drug-likeness (QED) is 0.0659. The van der Waals surface area contributed by atoms with E-state index in [-0.39, 0.29) is 31.1 Å². The summed E-state index contributed by atoms with van der Waals surface area (Å²) in [5.41, 5.74) is 0. The van der Waals surface area contributed by atoms with E-state index >= 15 is 0 Å². The largest absolute Gasteiger partial charge is 0.462 e. The molecule has 0 saturated carbocycles. The van der Waals surface area contributed by atoms with E-state index in [1.165, 1.54) is 44.9 Å². The minimum atomic E-state index is -0.750. The van der Waals surface area contributed by atoms with Gasteiger partial charge in [0, 0.05) is 19.3 Å². The fraction of sp³-hybridized carbons (Fsp3) is 0.900. The lowest BCUT2D eigenvalue weighted by atomic mass is 10.1. The highest BCUT2D eigenvalue weighted by molar-refractivity contribution is 5.71. The first-order valence-electron chi connectivity index (χ1n) is 15.0. The van der Waals surface area contributed by atoms with Gasteiger partial charge in [-0.2, -0.15) is 0 Å². The zero-order chi connectivity index (χ0) is 26.7. The molecule has 6 nitrogen and oxygen atoms in total. The van der Waals surface area contributed by atoms with Crippen LogP contribution in [0.15, 0.2) is 0 Å². The number of carbonyl (C=O) groups is 3. The maximum Gasteiger partial charge on any atom is 0.306 e. The molecule has 0 amide bonds. The first-order chi connectivity index (χ1) is 17.5. The first-order valence-corrected chi connectivity index (χ1v) is 15.0. The minimum absolute atomic E-state index is 0.0682. The van der Waals surface area contributed by atoms with Gasteiger partial charge < -0.3 is 14.2 Å². The van der Waals surface area contributed by atoms with Crippen LogP contribution in [0.4, 0.5) is 0 Å². The molecule has 0 aromatic heterocycles. The van der Waals surface area contributed by atoms with Gasteiger partial charge in [0.25, 0.3) is 0 Å². The van der Waals surface area contributed by atoms with Gasteiger partial charge in [-0.15, -0.1) is 0 Å². The fourth-order valence-electron chi connectivity index (χ4n) is 4.03. The van der Waals surface area contributed by atoms with Crippen molar-refractivity contribution in [3.05, 3.63) is 0 Å². The normalized spacial score (nSPS) is 11.8. The standard InChI is InChI=1S/C30H56O6/c1-4-7-10-13-14-15-18-20-23-29(32)35-26-27(36-30(33)24-21-17-12-9-6-3)25-34-28(31)22-19-16-11-8-5-2/h27H,4-26H2,1-3H3. The molecule has 36 heavy (non-hydrogen) atoms. The number of esters is 3. The molecule has 1 atom stereocenters. The number of hydrogen-bond acceptors (Lipinski definition) is 6. The predicted octanol–water partition coefficient (Wildman–Crippen LogP) is 8.24. The number of hydrogen-bond donors (Lipinski definition) is 0. The van der Waals surface area contributed by atoms with Crippen LogP contribution in [0.1, 0.15) is 156 Å². The Hall–Kier alpha value is -1.59. The molecule has 0 aliphatic carbocycles. The molecule has 0 bridgehead atoms. The van der Waals surface area contributed by atoms with Gasteiger partial charge in [-0.05, 0) is 19.3 Å². The van der Waals surface area contributed by atoms with Crippen LogP contribution in [0.25, 0.3) is 0 Å². The molecule has 212 valence electrons. The molecule has 0 aliphatic rings. The second kappa shape index (κ2) is 26.5. The van der Waals surface area contributed by atoms with Crippen molar-refractivity contribution in [3.8, 4) is 0 Å². The fourth-order valence-corrected chi connectivity index (χ4v) is 4.03. The van der Waals surface area contributed by atoms with Gasteiger partial charge in [-0.25, -0.2) is 0 Å². The van der Waals surface area contributed by atoms with E-state index in [0.717, 1.165) is 70.6 Å². The van der Waals surface area contributed by atoms with Crippen LogP contribution in [0.5, 0.6) is 0 Å². The van der Waals surface area contributed by atoms with E-state index in [0.29, 0.717) is 19.3 Å². The number of carbonyl (C=O) groups excluding carboxylic acids is 3. The van der Waals surface area contributed by atoms with E-state index in [4.69, 9.17) is 14.2 Å². The van der Waals surface area contributed by atoms with Gasteiger partial charge >= 0.3 is 17.9 Å². The molecule has 1 unspecified atom stereocenters. The highest BCUT2D eigenvalue weighted by Gasteiger charge is 2.19. The predicted molar refractivity (Wildman–Crippen MR) is 146 cm³/mol. The van der Waals surface area contributed by atoms with Crippen molar-refractivity contribution in [3.63, 3.8) is 0 Å². The first kappa shape index (κ1) is 34.4. The smallest absolute Gasteiger partial charge is 0.306 e. The Balaban J connectivity index is 4.32. The molecule has 0 N–H and O–H groups in total. The van der Waals surface area contributed by atoms with E-state index < -0.39 is 6.10 Å². The Bertz CT molecular complexity index is 534. The molecule has 0 aromatic carbocycles. The summed E-state index contributed by atoms with van der Waals surface area (Å²) >= 11 is 0. The van der Waals surface area contributed by atoms with Crippen molar-refractivity contribution in [2.75, 3.05) is 13.2 Å². The molecule has 6 heteroatoms. The average Bonchev–Trinajstić information content (AvgIpc) is 2.87. The monoisotopic (exact) mass is 512 g/mol. The Morgan fingerprint density at radius 3 is 1.11 bits per heavy atom. The lowest BCUT2D eigenvalue weighted by molar-refractivity contribution is -0.167. The van der Waals surface area contributed by atoms with Gasteiger partial charge in [-0.1, -0.05) is 117 Å². The van der Waals surface area contributed by atoms with Crippen molar-refractivity contribution >= 4 is 17.9 Å². The van der Waals surface area contributed by atoms with Gasteiger partial charge in [0.05, 0.1) is 0 Å². The van der Waals surface area contributed by atoms with E-state index in [2.05, 4.69) is 20.8 Å². The molecule has 0 aromatic rings. The van der Waals surface area contributed by atoms with Crippen LogP contribution in [0, 0.1) is 0 Å². The number of unbranched alkanes of at least 4 members (excludes halogenated alkanes) is 15. The maximum atomic E-state index is 12.3. The zero-order valence-electron chi connectivity index (χ0n) is 23.8. The molecule has 0 heterocycles. The SMILES string of the molecule is CCCCCCCCCCC(=O)OCC(COC(=O)CCCCCCC)OC(=O)CCCCCCC. The van der Waals surface area contributed by atoms with Crippen molar-refractivity contribution in [1.82, 2.24) is 0 Å². The van der Waals surface area contributed by atoms with Gasteiger partial charge in [0.2, 0.25) is 0 Å². The summed E-state index contributed by atoms with van der Waals surface area (Å²) in [7, 11) is 0. The van der Waals surface area contributed by atoms with Crippen molar-refractivity contribution in [2.45, 2.75) is 162 Å². The molecule has 0 radical (unpaired) electrons. The highest BCUT2D eigenvalue weighted by atomic mass is 16.6. The third-order valence-electron chi connectivity index (χ3n) is 6.36. The third-order valence-corrected chi connectivity index (χ3v) is 6.36. The molecule has 0 rings (SSSR count). The Kier molecular flexibility index (Phi) is 25.3. The molecule has 0 saturated heterocycles.